The van der Waals surface area contributed by atoms with Crippen molar-refractivity contribution in [3.8, 4) is 0 Å². The lowest BCUT2D eigenvalue weighted by Crippen LogP contribution is -2.43. The van der Waals surface area contributed by atoms with Gasteiger partial charge in [0.1, 0.15) is 0 Å². The second kappa shape index (κ2) is 13.3. The lowest BCUT2D eigenvalue weighted by atomic mass is 9.95. The van der Waals surface area contributed by atoms with Gasteiger partial charge in [-0.25, -0.2) is 13.4 Å². The number of carbonyl (C=O) groups is 1. The highest BCUT2D eigenvalue weighted by Crippen LogP contribution is 2.33. The summed E-state index contributed by atoms with van der Waals surface area (Å²) in [6.07, 6.45) is 6.78. The molecule has 0 radical (unpaired) electrons. The summed E-state index contributed by atoms with van der Waals surface area (Å²) < 4.78 is 35.1. The predicted molar refractivity (Wildman–Crippen MR) is 160 cm³/mol. The second-order valence-corrected chi connectivity index (χ2v) is 13.4. The summed E-state index contributed by atoms with van der Waals surface area (Å²) in [7, 11) is -3.71. The molecule has 2 fully saturated rings. The number of nitrogens with zero attached hydrogens (tertiary/aromatic N) is 4. The van der Waals surface area contributed by atoms with E-state index in [1.54, 1.807) is 6.20 Å². The fraction of sp³-hybridized carbons (Fsp3) is 0.500. The Labute approximate surface area is 244 Å². The Hall–Kier alpha value is -3.01. The van der Waals surface area contributed by atoms with Crippen LogP contribution in [0.3, 0.4) is 0 Å². The molecule has 0 bridgehead atoms. The summed E-state index contributed by atoms with van der Waals surface area (Å²) in [6, 6.07) is 15.3. The average molecular weight is 579 g/mol. The molecule has 1 saturated carbocycles. The molecule has 8 nitrogen and oxygen atoms in total. The molecule has 1 aliphatic carbocycles. The molecule has 9 heteroatoms. The highest BCUT2D eigenvalue weighted by atomic mass is 32.2. The fourth-order valence-corrected chi connectivity index (χ4v) is 7.48. The molecule has 0 atom stereocenters. The van der Waals surface area contributed by atoms with Crippen LogP contribution < -0.4 is 0 Å². The van der Waals surface area contributed by atoms with Gasteiger partial charge in [-0.1, -0.05) is 66.8 Å². The second-order valence-electron chi connectivity index (χ2n) is 11.5. The molecule has 5 rings (SSSR count). The van der Waals surface area contributed by atoms with Gasteiger partial charge in [0, 0.05) is 37.8 Å². The van der Waals surface area contributed by atoms with Gasteiger partial charge in [-0.05, 0) is 44.4 Å². The number of ether oxygens (including phenoxy) is 1. The molecular formula is C32H42N4O4S. The van der Waals surface area contributed by atoms with Crippen LogP contribution in [0.1, 0.15) is 70.9 Å². The number of aryl methyl sites for hydroxylation is 2. The predicted octanol–water partition coefficient (Wildman–Crippen LogP) is 4.95. The van der Waals surface area contributed by atoms with Crippen molar-refractivity contribution in [3.05, 3.63) is 82.7 Å². The molecule has 220 valence electrons. The van der Waals surface area contributed by atoms with Gasteiger partial charge >= 0.3 is 0 Å². The Balaban J connectivity index is 1.46. The number of aromatic nitrogens is 2. The number of imidazole rings is 1. The summed E-state index contributed by atoms with van der Waals surface area (Å²) in [5, 5.41) is 0.122. The molecular weight excluding hydrogens is 536 g/mol. The largest absolute Gasteiger partial charge is 0.379 e. The SMILES string of the molecule is Cc1ccc(C(=O)N(CCN2CCOCC2)Cc2cnc(S(=O)(=O)Cc3cccc(C)c3)n2C2CCCCC2)cc1. The summed E-state index contributed by atoms with van der Waals surface area (Å²) in [5.41, 5.74) is 4.29. The molecule has 0 spiro atoms. The van der Waals surface area contributed by atoms with Gasteiger partial charge in [0.05, 0.1) is 37.4 Å². The molecule has 0 N–H and O–H groups in total. The fourth-order valence-electron chi connectivity index (χ4n) is 5.95. The number of amides is 1. The number of sulfone groups is 1. The molecule has 1 aromatic heterocycles. The van der Waals surface area contributed by atoms with Crippen LogP contribution in [-0.2, 0) is 26.9 Å². The van der Waals surface area contributed by atoms with Crippen molar-refractivity contribution in [2.24, 2.45) is 0 Å². The van der Waals surface area contributed by atoms with Crippen molar-refractivity contribution in [1.82, 2.24) is 19.4 Å². The standard InChI is InChI=1S/C32H42N4O4S/c1-25-11-13-28(14-12-25)31(37)35(16-15-34-17-19-40-20-18-34)23-30-22-33-32(36(30)29-9-4-3-5-10-29)41(38,39)24-27-8-6-7-26(2)21-27/h6-8,11-14,21-22,29H,3-5,9-10,15-20,23-24H2,1-2H3. The lowest BCUT2D eigenvalue weighted by molar-refractivity contribution is 0.0318. The molecule has 1 saturated heterocycles. The molecule has 2 heterocycles. The lowest BCUT2D eigenvalue weighted by Gasteiger charge is -2.31. The van der Waals surface area contributed by atoms with Gasteiger partial charge < -0.3 is 14.2 Å². The van der Waals surface area contributed by atoms with Crippen molar-refractivity contribution in [1.29, 1.82) is 0 Å². The third-order valence-electron chi connectivity index (χ3n) is 8.23. The number of carbonyl (C=O) groups excluding carboxylic acids is 1. The van der Waals surface area contributed by atoms with E-state index in [1.165, 1.54) is 0 Å². The maximum Gasteiger partial charge on any atom is 0.254 e. The number of hydrogen-bond donors (Lipinski definition) is 0. The van der Waals surface area contributed by atoms with Crippen molar-refractivity contribution in [2.75, 3.05) is 39.4 Å². The molecule has 0 unspecified atom stereocenters. The van der Waals surface area contributed by atoms with Gasteiger partial charge in [-0.2, -0.15) is 0 Å². The summed E-state index contributed by atoms with van der Waals surface area (Å²) in [5.74, 6) is -0.153. The Bertz CT molecular complexity index is 1420. The van der Waals surface area contributed by atoms with Crippen molar-refractivity contribution >= 4 is 15.7 Å². The smallest absolute Gasteiger partial charge is 0.254 e. The Morgan fingerprint density at radius 2 is 1.73 bits per heavy atom. The minimum Gasteiger partial charge on any atom is -0.379 e. The summed E-state index contributed by atoms with van der Waals surface area (Å²) >= 11 is 0. The normalized spacial score (nSPS) is 17.0. The number of benzene rings is 2. The molecule has 2 aromatic carbocycles. The number of rotatable bonds is 10. The van der Waals surface area contributed by atoms with Crippen LogP contribution in [0, 0.1) is 13.8 Å². The van der Waals surface area contributed by atoms with Gasteiger partial charge in [-0.15, -0.1) is 0 Å². The highest BCUT2D eigenvalue weighted by Gasteiger charge is 2.30. The zero-order valence-electron chi connectivity index (χ0n) is 24.3. The number of morpholine rings is 1. The van der Waals surface area contributed by atoms with Gasteiger partial charge in [0.2, 0.25) is 15.0 Å². The zero-order chi connectivity index (χ0) is 28.8. The monoisotopic (exact) mass is 578 g/mol. The van der Waals surface area contributed by atoms with Gasteiger partial charge in [0.15, 0.2) is 0 Å². The Morgan fingerprint density at radius 1 is 1.00 bits per heavy atom. The van der Waals surface area contributed by atoms with Gasteiger partial charge in [-0.3, -0.25) is 9.69 Å². The molecule has 2 aliphatic rings. The minimum atomic E-state index is -3.71. The first kappa shape index (κ1) is 29.5. The molecule has 1 amide bonds. The van der Waals surface area contributed by atoms with E-state index >= 15 is 0 Å². The Kier molecular flexibility index (Phi) is 9.57. The number of hydrogen-bond acceptors (Lipinski definition) is 6. The van der Waals surface area contributed by atoms with E-state index in [0.29, 0.717) is 31.9 Å². The van der Waals surface area contributed by atoms with Crippen LogP contribution in [0.25, 0.3) is 0 Å². The first-order valence-corrected chi connectivity index (χ1v) is 16.5. The van der Waals surface area contributed by atoms with E-state index in [0.717, 1.165) is 74.1 Å². The van der Waals surface area contributed by atoms with Crippen LogP contribution in [0.2, 0.25) is 0 Å². The molecule has 41 heavy (non-hydrogen) atoms. The van der Waals surface area contributed by atoms with E-state index in [4.69, 9.17) is 4.74 Å². The van der Waals surface area contributed by atoms with E-state index in [9.17, 15) is 13.2 Å². The van der Waals surface area contributed by atoms with Crippen molar-refractivity contribution in [2.45, 2.75) is 69.4 Å². The van der Waals surface area contributed by atoms with E-state index in [1.807, 2.05) is 71.8 Å². The van der Waals surface area contributed by atoms with Crippen molar-refractivity contribution in [3.63, 3.8) is 0 Å². The van der Waals surface area contributed by atoms with Crippen LogP contribution >= 0.6 is 0 Å². The molecule has 1 aliphatic heterocycles. The van der Waals surface area contributed by atoms with Crippen LogP contribution in [0.15, 0.2) is 59.9 Å². The van der Waals surface area contributed by atoms with E-state index in [-0.39, 0.29) is 22.9 Å². The highest BCUT2D eigenvalue weighted by molar-refractivity contribution is 7.90. The minimum absolute atomic E-state index is 0.0547. The van der Waals surface area contributed by atoms with Gasteiger partial charge in [0.25, 0.3) is 5.91 Å². The third-order valence-corrected chi connectivity index (χ3v) is 9.80. The zero-order valence-corrected chi connectivity index (χ0v) is 25.1. The molecule has 3 aromatic rings. The van der Waals surface area contributed by atoms with Crippen molar-refractivity contribution < 1.29 is 17.9 Å². The Morgan fingerprint density at radius 3 is 2.44 bits per heavy atom. The van der Waals surface area contributed by atoms with Crippen LogP contribution in [0.5, 0.6) is 0 Å². The first-order chi connectivity index (χ1) is 19.8. The third kappa shape index (κ3) is 7.45. The maximum absolute atomic E-state index is 13.8. The van der Waals surface area contributed by atoms with Crippen LogP contribution in [-0.4, -0.2) is 73.1 Å². The summed E-state index contributed by atoms with van der Waals surface area (Å²) in [4.78, 5) is 22.5. The quantitative estimate of drug-likeness (QED) is 0.338. The van der Waals surface area contributed by atoms with Crippen LogP contribution in [0.4, 0.5) is 0 Å². The average Bonchev–Trinajstić information content (AvgIpc) is 3.41. The first-order valence-electron chi connectivity index (χ1n) is 14.8. The van der Waals surface area contributed by atoms with E-state index in [2.05, 4.69) is 9.88 Å². The maximum atomic E-state index is 13.8. The topological polar surface area (TPSA) is 84.7 Å². The van der Waals surface area contributed by atoms with E-state index < -0.39 is 9.84 Å². The summed E-state index contributed by atoms with van der Waals surface area (Å²) in [6.45, 7) is 8.62.